The number of hydrogen-bond acceptors (Lipinski definition) is 3. The average Bonchev–Trinajstić information content (AvgIpc) is 2.96. The van der Waals surface area contributed by atoms with E-state index in [1.165, 1.54) is 6.07 Å². The minimum absolute atomic E-state index is 0.123. The largest absolute Gasteiger partial charge is 0.326 e. The Bertz CT molecular complexity index is 812. The molecule has 5 nitrogen and oxygen atoms in total. The molecular weight excluding hydrogens is 346 g/mol. The van der Waals surface area contributed by atoms with Crippen LogP contribution in [0.2, 0.25) is 0 Å². The topological polar surface area (TPSA) is 61.0 Å². The highest BCUT2D eigenvalue weighted by Gasteiger charge is 2.14. The third kappa shape index (κ3) is 2.92. The van der Waals surface area contributed by atoms with E-state index in [0.29, 0.717) is 12.1 Å². The van der Waals surface area contributed by atoms with Gasteiger partial charge in [-0.2, -0.15) is 0 Å². The van der Waals surface area contributed by atoms with Crippen LogP contribution in [0, 0.1) is 10.1 Å². The molecular formula is C16H12BrN3O2. The maximum atomic E-state index is 11.1. The van der Waals surface area contributed by atoms with Crippen LogP contribution in [0.25, 0.3) is 11.4 Å². The van der Waals surface area contributed by atoms with Crippen LogP contribution in [0.3, 0.4) is 0 Å². The molecule has 0 unspecified atom stereocenters. The molecule has 0 saturated carbocycles. The van der Waals surface area contributed by atoms with Gasteiger partial charge in [0.05, 0.1) is 11.5 Å². The van der Waals surface area contributed by atoms with Gasteiger partial charge in [-0.1, -0.05) is 46.3 Å². The Morgan fingerprint density at radius 3 is 2.59 bits per heavy atom. The first-order valence-electron chi connectivity index (χ1n) is 6.64. The van der Waals surface area contributed by atoms with Gasteiger partial charge >= 0.3 is 0 Å². The van der Waals surface area contributed by atoms with E-state index in [-0.39, 0.29) is 10.6 Å². The van der Waals surface area contributed by atoms with Crippen LogP contribution >= 0.6 is 15.9 Å². The van der Waals surface area contributed by atoms with Crippen LogP contribution in [0.5, 0.6) is 0 Å². The molecule has 3 rings (SSSR count). The van der Waals surface area contributed by atoms with Crippen molar-refractivity contribution in [2.45, 2.75) is 6.54 Å². The second kappa shape index (κ2) is 6.11. The summed E-state index contributed by atoms with van der Waals surface area (Å²) >= 11 is 3.40. The SMILES string of the molecule is O=[N+]([O-])c1ccccc1Cn1ccnc1-c1ccc(Br)cc1. The van der Waals surface area contributed by atoms with Crippen molar-refractivity contribution in [3.63, 3.8) is 0 Å². The van der Waals surface area contributed by atoms with Crippen molar-refractivity contribution in [3.8, 4) is 11.4 Å². The number of nitrogens with zero attached hydrogens (tertiary/aromatic N) is 3. The highest BCUT2D eigenvalue weighted by molar-refractivity contribution is 9.10. The molecule has 0 atom stereocenters. The maximum absolute atomic E-state index is 11.1. The average molecular weight is 358 g/mol. The summed E-state index contributed by atoms with van der Waals surface area (Å²) < 4.78 is 2.90. The summed E-state index contributed by atoms with van der Waals surface area (Å²) in [5, 5.41) is 11.1. The van der Waals surface area contributed by atoms with Gasteiger partial charge < -0.3 is 4.57 Å². The van der Waals surface area contributed by atoms with Crippen molar-refractivity contribution < 1.29 is 4.92 Å². The Balaban J connectivity index is 1.97. The molecule has 0 amide bonds. The second-order valence-electron chi connectivity index (χ2n) is 4.77. The normalized spacial score (nSPS) is 10.6. The van der Waals surface area contributed by atoms with Crippen molar-refractivity contribution in [3.05, 3.63) is 81.1 Å². The molecule has 2 aromatic carbocycles. The summed E-state index contributed by atoms with van der Waals surface area (Å²) in [7, 11) is 0. The fraction of sp³-hybridized carbons (Fsp3) is 0.0625. The Morgan fingerprint density at radius 1 is 1.14 bits per heavy atom. The second-order valence-corrected chi connectivity index (χ2v) is 5.69. The first kappa shape index (κ1) is 14.5. The van der Waals surface area contributed by atoms with E-state index in [1.54, 1.807) is 24.4 Å². The number of halogens is 1. The van der Waals surface area contributed by atoms with Crippen molar-refractivity contribution >= 4 is 21.6 Å². The van der Waals surface area contributed by atoms with Gasteiger partial charge in [0.25, 0.3) is 5.69 Å². The smallest absolute Gasteiger partial charge is 0.274 e. The summed E-state index contributed by atoms with van der Waals surface area (Å²) in [6.45, 7) is 0.405. The molecule has 3 aromatic rings. The zero-order valence-electron chi connectivity index (χ0n) is 11.5. The third-order valence-corrected chi connectivity index (χ3v) is 3.88. The zero-order valence-corrected chi connectivity index (χ0v) is 13.1. The van der Waals surface area contributed by atoms with Gasteiger partial charge in [-0.3, -0.25) is 10.1 Å². The summed E-state index contributed by atoms with van der Waals surface area (Å²) in [5.41, 5.74) is 1.74. The fourth-order valence-corrected chi connectivity index (χ4v) is 2.57. The molecule has 0 aliphatic carbocycles. The Kier molecular flexibility index (Phi) is 4.02. The van der Waals surface area contributed by atoms with Crippen LogP contribution in [0.4, 0.5) is 5.69 Å². The Labute approximate surface area is 135 Å². The third-order valence-electron chi connectivity index (χ3n) is 3.35. The van der Waals surface area contributed by atoms with E-state index in [2.05, 4.69) is 20.9 Å². The number of aromatic nitrogens is 2. The van der Waals surface area contributed by atoms with E-state index < -0.39 is 0 Å². The highest BCUT2D eigenvalue weighted by Crippen LogP contribution is 2.24. The zero-order chi connectivity index (χ0) is 15.5. The Morgan fingerprint density at radius 2 is 1.86 bits per heavy atom. The minimum atomic E-state index is -0.356. The summed E-state index contributed by atoms with van der Waals surface area (Å²) in [4.78, 5) is 15.1. The van der Waals surface area contributed by atoms with E-state index in [1.807, 2.05) is 35.0 Å². The first-order chi connectivity index (χ1) is 10.6. The lowest BCUT2D eigenvalue weighted by atomic mass is 10.1. The molecule has 0 bridgehead atoms. The monoisotopic (exact) mass is 357 g/mol. The van der Waals surface area contributed by atoms with E-state index >= 15 is 0 Å². The lowest BCUT2D eigenvalue weighted by Crippen LogP contribution is -2.04. The molecule has 0 fully saturated rings. The van der Waals surface area contributed by atoms with Crippen molar-refractivity contribution in [2.24, 2.45) is 0 Å². The quantitative estimate of drug-likeness (QED) is 0.517. The number of nitro groups is 1. The number of imidazole rings is 1. The first-order valence-corrected chi connectivity index (χ1v) is 7.44. The van der Waals surface area contributed by atoms with E-state index in [9.17, 15) is 10.1 Å². The van der Waals surface area contributed by atoms with E-state index in [4.69, 9.17) is 0 Å². The van der Waals surface area contributed by atoms with Crippen LogP contribution in [-0.4, -0.2) is 14.5 Å². The lowest BCUT2D eigenvalue weighted by molar-refractivity contribution is -0.385. The van der Waals surface area contributed by atoms with Crippen molar-refractivity contribution in [1.29, 1.82) is 0 Å². The summed E-state index contributed by atoms with van der Waals surface area (Å²) in [6, 6.07) is 14.6. The van der Waals surface area contributed by atoms with Crippen LogP contribution < -0.4 is 0 Å². The van der Waals surface area contributed by atoms with E-state index in [0.717, 1.165) is 15.9 Å². The van der Waals surface area contributed by atoms with Gasteiger partial charge in [-0.15, -0.1) is 0 Å². The van der Waals surface area contributed by atoms with Gasteiger partial charge in [0.15, 0.2) is 0 Å². The molecule has 22 heavy (non-hydrogen) atoms. The standard InChI is InChI=1S/C16H12BrN3O2/c17-14-7-5-12(6-8-14)16-18-9-10-19(16)11-13-3-1-2-4-15(13)20(21)22/h1-10H,11H2. The number of nitro benzene ring substituents is 1. The molecule has 0 saturated heterocycles. The number of hydrogen-bond donors (Lipinski definition) is 0. The molecule has 0 aliphatic rings. The van der Waals surface area contributed by atoms with Crippen molar-refractivity contribution in [1.82, 2.24) is 9.55 Å². The molecule has 0 aliphatic heterocycles. The van der Waals surface area contributed by atoms with Gasteiger partial charge in [0.1, 0.15) is 5.82 Å². The predicted octanol–water partition coefficient (Wildman–Crippen LogP) is 4.27. The molecule has 1 aromatic heterocycles. The molecule has 0 radical (unpaired) electrons. The van der Waals surface area contributed by atoms with Crippen LogP contribution in [0.1, 0.15) is 5.56 Å². The predicted molar refractivity (Wildman–Crippen MR) is 87.6 cm³/mol. The molecule has 6 heteroatoms. The lowest BCUT2D eigenvalue weighted by Gasteiger charge is -2.08. The maximum Gasteiger partial charge on any atom is 0.274 e. The van der Waals surface area contributed by atoms with Gasteiger partial charge in [-0.25, -0.2) is 4.98 Å². The van der Waals surface area contributed by atoms with Gasteiger partial charge in [0, 0.05) is 34.1 Å². The number of para-hydroxylation sites is 1. The van der Waals surface area contributed by atoms with Gasteiger partial charge in [0.2, 0.25) is 0 Å². The number of benzene rings is 2. The molecule has 0 spiro atoms. The molecule has 0 N–H and O–H groups in total. The van der Waals surface area contributed by atoms with Gasteiger partial charge in [-0.05, 0) is 12.1 Å². The minimum Gasteiger partial charge on any atom is -0.326 e. The molecule has 110 valence electrons. The van der Waals surface area contributed by atoms with Crippen LogP contribution in [-0.2, 0) is 6.54 Å². The summed E-state index contributed by atoms with van der Waals surface area (Å²) in [6.07, 6.45) is 3.53. The van der Waals surface area contributed by atoms with Crippen molar-refractivity contribution in [2.75, 3.05) is 0 Å². The van der Waals surface area contributed by atoms with Crippen LogP contribution in [0.15, 0.2) is 65.4 Å². The Hall–Kier alpha value is -2.47. The number of rotatable bonds is 4. The molecule has 1 heterocycles. The summed E-state index contributed by atoms with van der Waals surface area (Å²) in [5.74, 6) is 0.783. The highest BCUT2D eigenvalue weighted by atomic mass is 79.9. The fourth-order valence-electron chi connectivity index (χ4n) is 2.30.